The van der Waals surface area contributed by atoms with Gasteiger partial charge in [-0.3, -0.25) is 4.79 Å². The maximum absolute atomic E-state index is 13.5. The van der Waals surface area contributed by atoms with Crippen LogP contribution in [0.4, 0.5) is 10.1 Å². The van der Waals surface area contributed by atoms with E-state index in [1.807, 2.05) is 0 Å². The lowest BCUT2D eigenvalue weighted by Gasteiger charge is -2.07. The van der Waals surface area contributed by atoms with Crippen LogP contribution >= 0.6 is 11.6 Å². The van der Waals surface area contributed by atoms with Gasteiger partial charge in [0.25, 0.3) is 5.91 Å². The van der Waals surface area contributed by atoms with E-state index < -0.39 is 11.7 Å². The molecule has 5 heteroatoms. The molecule has 0 aliphatic rings. The Morgan fingerprint density at radius 2 is 1.89 bits per heavy atom. The van der Waals surface area contributed by atoms with Crippen molar-refractivity contribution in [2.75, 3.05) is 12.4 Å². The van der Waals surface area contributed by atoms with Gasteiger partial charge in [0.1, 0.15) is 11.6 Å². The van der Waals surface area contributed by atoms with Crippen molar-refractivity contribution in [2.45, 2.75) is 0 Å². The summed E-state index contributed by atoms with van der Waals surface area (Å²) in [6, 6.07) is 10.5. The van der Waals surface area contributed by atoms with Crippen LogP contribution in [0.15, 0.2) is 42.5 Å². The lowest BCUT2D eigenvalue weighted by molar-refractivity contribution is 0.102. The summed E-state index contributed by atoms with van der Waals surface area (Å²) in [7, 11) is 1.54. The molecule has 0 fully saturated rings. The Morgan fingerprint density at radius 1 is 1.21 bits per heavy atom. The number of hydrogen-bond acceptors (Lipinski definition) is 2. The van der Waals surface area contributed by atoms with Crippen molar-refractivity contribution in [1.82, 2.24) is 0 Å². The summed E-state index contributed by atoms with van der Waals surface area (Å²) in [5.74, 6) is -0.305. The number of ether oxygens (including phenoxy) is 1. The summed E-state index contributed by atoms with van der Waals surface area (Å²) in [5, 5.41) is 2.82. The largest absolute Gasteiger partial charge is 0.497 e. The monoisotopic (exact) mass is 279 g/mol. The maximum atomic E-state index is 13.5. The zero-order valence-electron chi connectivity index (χ0n) is 10.1. The first kappa shape index (κ1) is 13.4. The number of nitrogens with one attached hydrogen (secondary N) is 1. The lowest BCUT2D eigenvalue weighted by atomic mass is 10.2. The minimum Gasteiger partial charge on any atom is -0.497 e. The second-order valence-electron chi connectivity index (χ2n) is 3.81. The molecule has 98 valence electrons. The third kappa shape index (κ3) is 3.23. The number of methoxy groups -OCH3 is 1. The van der Waals surface area contributed by atoms with E-state index in [4.69, 9.17) is 16.3 Å². The molecule has 0 radical (unpaired) electrons. The van der Waals surface area contributed by atoms with Crippen LogP contribution in [0.25, 0.3) is 0 Å². The molecule has 2 aromatic rings. The molecule has 0 saturated heterocycles. The first-order valence-corrected chi connectivity index (χ1v) is 5.88. The van der Waals surface area contributed by atoms with Gasteiger partial charge in [0.15, 0.2) is 0 Å². The van der Waals surface area contributed by atoms with Gasteiger partial charge in [-0.05, 0) is 42.5 Å². The summed E-state index contributed by atoms with van der Waals surface area (Å²) in [6.07, 6.45) is 0. The van der Waals surface area contributed by atoms with Gasteiger partial charge in [-0.2, -0.15) is 0 Å². The van der Waals surface area contributed by atoms with E-state index in [0.717, 1.165) is 0 Å². The molecule has 0 aliphatic heterocycles. The van der Waals surface area contributed by atoms with Gasteiger partial charge in [-0.15, -0.1) is 0 Å². The quantitative estimate of drug-likeness (QED) is 0.929. The number of hydrogen-bond donors (Lipinski definition) is 1. The molecule has 3 nitrogen and oxygen atoms in total. The van der Waals surface area contributed by atoms with Crippen molar-refractivity contribution < 1.29 is 13.9 Å². The second-order valence-corrected chi connectivity index (χ2v) is 4.24. The van der Waals surface area contributed by atoms with Crippen LogP contribution in [-0.4, -0.2) is 13.0 Å². The van der Waals surface area contributed by atoms with Crippen molar-refractivity contribution in [1.29, 1.82) is 0 Å². The number of benzene rings is 2. The third-order valence-corrected chi connectivity index (χ3v) is 2.76. The average Bonchev–Trinajstić information content (AvgIpc) is 2.43. The number of amides is 1. The van der Waals surface area contributed by atoms with Crippen molar-refractivity contribution in [3.63, 3.8) is 0 Å². The van der Waals surface area contributed by atoms with Crippen LogP contribution in [0, 0.1) is 5.82 Å². The molecule has 0 heterocycles. The van der Waals surface area contributed by atoms with Crippen molar-refractivity contribution in [2.24, 2.45) is 0 Å². The van der Waals surface area contributed by atoms with Gasteiger partial charge in [-0.1, -0.05) is 11.6 Å². The maximum Gasteiger partial charge on any atom is 0.255 e. The van der Waals surface area contributed by atoms with Crippen LogP contribution in [0.5, 0.6) is 5.75 Å². The molecule has 0 spiro atoms. The Labute approximate surface area is 115 Å². The summed E-state index contributed by atoms with van der Waals surface area (Å²) in [4.78, 5) is 11.9. The molecule has 1 N–H and O–H groups in total. The smallest absolute Gasteiger partial charge is 0.255 e. The topological polar surface area (TPSA) is 38.3 Å². The van der Waals surface area contributed by atoms with Crippen LogP contribution < -0.4 is 10.1 Å². The third-order valence-electron chi connectivity index (χ3n) is 2.53. The average molecular weight is 280 g/mol. The number of anilines is 1. The highest BCUT2D eigenvalue weighted by Gasteiger charge is 2.09. The first-order chi connectivity index (χ1) is 9.10. The van der Waals surface area contributed by atoms with Crippen LogP contribution in [0.3, 0.4) is 0 Å². The van der Waals surface area contributed by atoms with Crippen molar-refractivity contribution in [3.8, 4) is 5.75 Å². The molecular formula is C14H11ClFNO2. The fourth-order valence-corrected chi connectivity index (χ4v) is 1.70. The van der Waals surface area contributed by atoms with E-state index in [9.17, 15) is 9.18 Å². The number of carbonyl (C=O) groups is 1. The molecule has 0 saturated carbocycles. The van der Waals surface area contributed by atoms with E-state index in [2.05, 4.69) is 5.32 Å². The van der Waals surface area contributed by atoms with Crippen LogP contribution in [0.1, 0.15) is 10.4 Å². The fraction of sp³-hybridized carbons (Fsp3) is 0.0714. The molecule has 0 aromatic heterocycles. The predicted molar refractivity (Wildman–Crippen MR) is 72.4 cm³/mol. The second kappa shape index (κ2) is 5.71. The minimum atomic E-state index is -0.536. The standard InChI is InChI=1S/C14H11ClFNO2/c1-19-11-5-2-9(3-6-11)14(18)17-13-8-10(15)4-7-12(13)16/h2-8H,1H3,(H,17,18). The molecule has 1 amide bonds. The van der Waals surface area contributed by atoms with Crippen LogP contribution in [0.2, 0.25) is 5.02 Å². The summed E-state index contributed by atoms with van der Waals surface area (Å²) in [6.45, 7) is 0. The molecular weight excluding hydrogens is 269 g/mol. The van der Waals surface area contributed by atoms with Crippen molar-refractivity contribution >= 4 is 23.2 Å². The summed E-state index contributed by atoms with van der Waals surface area (Å²) < 4.78 is 18.5. The Kier molecular flexibility index (Phi) is 4.02. The SMILES string of the molecule is COc1ccc(C(=O)Nc2cc(Cl)ccc2F)cc1. The van der Waals surface area contributed by atoms with Gasteiger partial charge < -0.3 is 10.1 Å². The van der Waals surface area contributed by atoms with E-state index in [1.54, 1.807) is 24.3 Å². The molecule has 2 aromatic carbocycles. The molecule has 0 aliphatic carbocycles. The highest BCUT2D eigenvalue weighted by Crippen LogP contribution is 2.20. The molecule has 0 atom stereocenters. The zero-order chi connectivity index (χ0) is 13.8. The minimum absolute atomic E-state index is 0.0494. The van der Waals surface area contributed by atoms with Gasteiger partial charge >= 0.3 is 0 Å². The van der Waals surface area contributed by atoms with E-state index in [-0.39, 0.29) is 5.69 Å². The first-order valence-electron chi connectivity index (χ1n) is 5.50. The zero-order valence-corrected chi connectivity index (χ0v) is 10.9. The highest BCUT2D eigenvalue weighted by molar-refractivity contribution is 6.31. The van der Waals surface area contributed by atoms with Gasteiger partial charge in [-0.25, -0.2) is 4.39 Å². The lowest BCUT2D eigenvalue weighted by Crippen LogP contribution is -2.12. The number of halogens is 2. The van der Waals surface area contributed by atoms with E-state index >= 15 is 0 Å². The van der Waals surface area contributed by atoms with E-state index in [1.165, 1.54) is 25.3 Å². The molecule has 0 unspecified atom stereocenters. The fourth-order valence-electron chi connectivity index (χ4n) is 1.53. The van der Waals surface area contributed by atoms with Crippen LogP contribution in [-0.2, 0) is 0 Å². The van der Waals surface area contributed by atoms with Gasteiger partial charge in [0, 0.05) is 10.6 Å². The highest BCUT2D eigenvalue weighted by atomic mass is 35.5. The number of carbonyl (C=O) groups excluding carboxylic acids is 1. The summed E-state index contributed by atoms with van der Waals surface area (Å²) >= 11 is 5.75. The Morgan fingerprint density at radius 3 is 2.53 bits per heavy atom. The molecule has 19 heavy (non-hydrogen) atoms. The van der Waals surface area contributed by atoms with Crippen molar-refractivity contribution in [3.05, 3.63) is 58.9 Å². The number of rotatable bonds is 3. The Balaban J connectivity index is 2.18. The Hall–Kier alpha value is -2.07. The molecule has 0 bridgehead atoms. The normalized spacial score (nSPS) is 10.1. The molecule has 2 rings (SSSR count). The van der Waals surface area contributed by atoms with E-state index in [0.29, 0.717) is 16.3 Å². The summed E-state index contributed by atoms with van der Waals surface area (Å²) in [5.41, 5.74) is 0.452. The van der Waals surface area contributed by atoms with Gasteiger partial charge in [0.05, 0.1) is 12.8 Å². The van der Waals surface area contributed by atoms with Gasteiger partial charge in [0.2, 0.25) is 0 Å². The Bertz CT molecular complexity index is 599. The predicted octanol–water partition coefficient (Wildman–Crippen LogP) is 3.74.